The highest BCUT2D eigenvalue weighted by molar-refractivity contribution is 5.76. The van der Waals surface area contributed by atoms with Gasteiger partial charge in [-0.1, -0.05) is 31.2 Å². The largest absolute Gasteiger partial charge is 0.380 e. The molecule has 1 atom stereocenters. The van der Waals surface area contributed by atoms with E-state index in [9.17, 15) is 4.79 Å². The van der Waals surface area contributed by atoms with Gasteiger partial charge in [0.05, 0.1) is 12.5 Å². The number of nitrogens with two attached hydrogens (primary N) is 1. The molecule has 1 fully saturated rings. The number of carbonyl (C=O) groups is 1. The van der Waals surface area contributed by atoms with Crippen LogP contribution >= 0.6 is 0 Å². The molecule has 1 aliphatic rings. The SMILES string of the molecule is CCN1CCN(Cc2ccc(CNC(=O)CC(CN)OC)cc2)CC1. The van der Waals surface area contributed by atoms with Gasteiger partial charge < -0.3 is 20.7 Å². The Morgan fingerprint density at radius 3 is 2.32 bits per heavy atom. The number of likely N-dealkylation sites (N-methyl/N-ethyl adjacent to an activating group) is 1. The normalized spacial score (nSPS) is 17.4. The van der Waals surface area contributed by atoms with Crippen LogP contribution in [0.1, 0.15) is 24.5 Å². The van der Waals surface area contributed by atoms with Crippen molar-refractivity contribution < 1.29 is 9.53 Å². The first-order chi connectivity index (χ1) is 12.1. The number of methoxy groups -OCH3 is 1. The topological polar surface area (TPSA) is 70.8 Å². The predicted octanol–water partition coefficient (Wildman–Crippen LogP) is 0.804. The second-order valence-electron chi connectivity index (χ2n) is 6.60. The van der Waals surface area contributed by atoms with Gasteiger partial charge in [0, 0.05) is 52.9 Å². The Morgan fingerprint density at radius 2 is 1.76 bits per heavy atom. The van der Waals surface area contributed by atoms with Crippen LogP contribution in [-0.4, -0.2) is 68.2 Å². The lowest BCUT2D eigenvalue weighted by molar-refractivity contribution is -0.123. The standard InChI is InChI=1S/C19H32N4O2/c1-3-22-8-10-23(11-9-22)15-17-6-4-16(5-7-17)14-21-19(24)12-18(13-20)25-2/h4-7,18H,3,8-15,20H2,1-2H3,(H,21,24). The van der Waals surface area contributed by atoms with Crippen molar-refractivity contribution in [3.63, 3.8) is 0 Å². The van der Waals surface area contributed by atoms with Crippen molar-refractivity contribution in [3.05, 3.63) is 35.4 Å². The van der Waals surface area contributed by atoms with Gasteiger partial charge in [0.15, 0.2) is 0 Å². The zero-order valence-electron chi connectivity index (χ0n) is 15.5. The Labute approximate surface area is 151 Å². The molecule has 1 unspecified atom stereocenters. The first-order valence-corrected chi connectivity index (χ1v) is 9.16. The van der Waals surface area contributed by atoms with Gasteiger partial charge in [0.25, 0.3) is 0 Å². The second kappa shape index (κ2) is 10.5. The van der Waals surface area contributed by atoms with Gasteiger partial charge in [-0.3, -0.25) is 9.69 Å². The molecule has 1 aliphatic heterocycles. The van der Waals surface area contributed by atoms with Crippen molar-refractivity contribution in [2.24, 2.45) is 5.73 Å². The molecular weight excluding hydrogens is 316 g/mol. The van der Waals surface area contributed by atoms with Crippen molar-refractivity contribution >= 4 is 5.91 Å². The van der Waals surface area contributed by atoms with Crippen molar-refractivity contribution in [1.29, 1.82) is 0 Å². The number of nitrogens with one attached hydrogen (secondary N) is 1. The molecule has 0 bridgehead atoms. The molecule has 0 aromatic heterocycles. The van der Waals surface area contributed by atoms with Gasteiger partial charge in [-0.05, 0) is 17.7 Å². The zero-order valence-corrected chi connectivity index (χ0v) is 15.5. The summed E-state index contributed by atoms with van der Waals surface area (Å²) >= 11 is 0. The van der Waals surface area contributed by atoms with E-state index in [1.165, 1.54) is 5.56 Å². The number of hydrogen-bond acceptors (Lipinski definition) is 5. The maximum atomic E-state index is 11.9. The molecule has 0 saturated carbocycles. The van der Waals surface area contributed by atoms with Crippen molar-refractivity contribution in [1.82, 2.24) is 15.1 Å². The highest BCUT2D eigenvalue weighted by atomic mass is 16.5. The van der Waals surface area contributed by atoms with E-state index in [0.29, 0.717) is 19.5 Å². The lowest BCUT2D eigenvalue weighted by Crippen LogP contribution is -2.45. The van der Waals surface area contributed by atoms with Crippen LogP contribution in [0.15, 0.2) is 24.3 Å². The fourth-order valence-corrected chi connectivity index (χ4v) is 3.03. The molecule has 0 aliphatic carbocycles. The number of benzene rings is 1. The van der Waals surface area contributed by atoms with Crippen molar-refractivity contribution in [2.45, 2.75) is 32.5 Å². The van der Waals surface area contributed by atoms with E-state index in [4.69, 9.17) is 10.5 Å². The summed E-state index contributed by atoms with van der Waals surface area (Å²) in [6, 6.07) is 8.50. The van der Waals surface area contributed by atoms with Crippen LogP contribution in [0.4, 0.5) is 0 Å². The summed E-state index contributed by atoms with van der Waals surface area (Å²) in [4.78, 5) is 16.9. The molecule has 6 heteroatoms. The number of carbonyl (C=O) groups excluding carboxylic acids is 1. The van der Waals surface area contributed by atoms with Crippen molar-refractivity contribution in [2.75, 3.05) is 46.4 Å². The van der Waals surface area contributed by atoms with Gasteiger partial charge in [-0.2, -0.15) is 0 Å². The Morgan fingerprint density at radius 1 is 1.16 bits per heavy atom. The van der Waals surface area contributed by atoms with Crippen LogP contribution in [0.5, 0.6) is 0 Å². The minimum atomic E-state index is -0.212. The fourth-order valence-electron chi connectivity index (χ4n) is 3.03. The first-order valence-electron chi connectivity index (χ1n) is 9.16. The molecule has 3 N–H and O–H groups in total. The maximum Gasteiger partial charge on any atom is 0.222 e. The molecule has 0 radical (unpaired) electrons. The summed E-state index contributed by atoms with van der Waals surface area (Å²) in [6.07, 6.45) is 0.0880. The lowest BCUT2D eigenvalue weighted by atomic mass is 10.1. The lowest BCUT2D eigenvalue weighted by Gasteiger charge is -2.34. The average molecular weight is 348 g/mol. The third-order valence-electron chi connectivity index (χ3n) is 4.84. The molecule has 1 amide bonds. The van der Waals surface area contributed by atoms with E-state index in [0.717, 1.165) is 44.8 Å². The molecule has 1 heterocycles. The van der Waals surface area contributed by atoms with E-state index < -0.39 is 0 Å². The predicted molar refractivity (Wildman–Crippen MR) is 100 cm³/mol. The summed E-state index contributed by atoms with van der Waals surface area (Å²) < 4.78 is 5.13. The van der Waals surface area contributed by atoms with Crippen LogP contribution < -0.4 is 11.1 Å². The minimum Gasteiger partial charge on any atom is -0.380 e. The van der Waals surface area contributed by atoms with Crippen LogP contribution in [-0.2, 0) is 22.6 Å². The molecule has 1 aromatic rings. The number of rotatable bonds is 9. The summed E-state index contributed by atoms with van der Waals surface area (Å²) in [5, 5.41) is 2.92. The second-order valence-corrected chi connectivity index (χ2v) is 6.60. The number of piperazine rings is 1. The summed E-state index contributed by atoms with van der Waals surface area (Å²) in [5.74, 6) is -0.0322. The molecule has 1 aromatic carbocycles. The zero-order chi connectivity index (χ0) is 18.1. The number of nitrogens with zero attached hydrogens (tertiary/aromatic N) is 2. The van der Waals surface area contributed by atoms with E-state index in [2.05, 4.69) is 46.3 Å². The van der Waals surface area contributed by atoms with E-state index in [1.54, 1.807) is 7.11 Å². The smallest absolute Gasteiger partial charge is 0.222 e. The molecule has 1 saturated heterocycles. The highest BCUT2D eigenvalue weighted by Crippen LogP contribution is 2.10. The number of ether oxygens (including phenoxy) is 1. The van der Waals surface area contributed by atoms with E-state index >= 15 is 0 Å². The van der Waals surface area contributed by atoms with Gasteiger partial charge in [0.1, 0.15) is 0 Å². The number of hydrogen-bond donors (Lipinski definition) is 2. The average Bonchev–Trinajstić information content (AvgIpc) is 2.66. The third-order valence-corrected chi connectivity index (χ3v) is 4.84. The molecular formula is C19H32N4O2. The van der Waals surface area contributed by atoms with Gasteiger partial charge in [-0.25, -0.2) is 0 Å². The Bertz CT molecular complexity index is 509. The van der Waals surface area contributed by atoms with Crippen LogP contribution in [0, 0.1) is 0 Å². The number of amides is 1. The van der Waals surface area contributed by atoms with Gasteiger partial charge >= 0.3 is 0 Å². The Kier molecular flexibility index (Phi) is 8.34. The van der Waals surface area contributed by atoms with Crippen LogP contribution in [0.25, 0.3) is 0 Å². The Balaban J connectivity index is 1.73. The summed E-state index contributed by atoms with van der Waals surface area (Å²) in [6.45, 7) is 9.83. The van der Waals surface area contributed by atoms with E-state index in [-0.39, 0.29) is 12.0 Å². The highest BCUT2D eigenvalue weighted by Gasteiger charge is 2.15. The Hall–Kier alpha value is -1.47. The monoisotopic (exact) mass is 348 g/mol. The minimum absolute atomic E-state index is 0.0322. The molecule has 25 heavy (non-hydrogen) atoms. The fraction of sp³-hybridized carbons (Fsp3) is 0.632. The molecule has 2 rings (SSSR count). The summed E-state index contributed by atoms with van der Waals surface area (Å²) in [5.41, 5.74) is 7.96. The molecule has 140 valence electrons. The molecule has 6 nitrogen and oxygen atoms in total. The van der Waals surface area contributed by atoms with Crippen LogP contribution in [0.3, 0.4) is 0 Å². The van der Waals surface area contributed by atoms with Crippen molar-refractivity contribution in [3.8, 4) is 0 Å². The first kappa shape index (κ1) is 19.8. The third kappa shape index (κ3) is 6.74. The van der Waals surface area contributed by atoms with Gasteiger partial charge in [0.2, 0.25) is 5.91 Å². The molecule has 0 spiro atoms. The summed E-state index contributed by atoms with van der Waals surface area (Å²) in [7, 11) is 1.58. The maximum absolute atomic E-state index is 11.9. The van der Waals surface area contributed by atoms with Crippen LogP contribution in [0.2, 0.25) is 0 Å². The quantitative estimate of drug-likeness (QED) is 0.691. The van der Waals surface area contributed by atoms with Gasteiger partial charge in [-0.15, -0.1) is 0 Å². The van der Waals surface area contributed by atoms with E-state index in [1.807, 2.05) is 0 Å².